The van der Waals surface area contributed by atoms with Crippen LogP contribution in [0.2, 0.25) is 0 Å². The molecule has 1 aromatic heterocycles. The first-order valence-electron chi connectivity index (χ1n) is 8.04. The molecule has 2 rings (SSSR count). The summed E-state index contributed by atoms with van der Waals surface area (Å²) in [6.07, 6.45) is 0.823. The van der Waals surface area contributed by atoms with Gasteiger partial charge in [-0.25, -0.2) is 4.68 Å². The van der Waals surface area contributed by atoms with Gasteiger partial charge in [-0.2, -0.15) is 0 Å². The highest BCUT2D eigenvalue weighted by molar-refractivity contribution is 7.99. The predicted molar refractivity (Wildman–Crippen MR) is 96.1 cm³/mol. The molecule has 0 aliphatic heterocycles. The molecule has 0 radical (unpaired) electrons. The van der Waals surface area contributed by atoms with Gasteiger partial charge in [-0.15, -0.1) is 5.10 Å². The molecule has 0 aliphatic rings. The first-order chi connectivity index (χ1) is 12.0. The number of nitrogens with one attached hydrogen (secondary N) is 2. The van der Waals surface area contributed by atoms with Crippen molar-refractivity contribution >= 4 is 29.3 Å². The SMILES string of the molecule is CCC(=O)Nc1ccc([C@@H](C)NC(=O)CCSc2nnnn2C)cc1. The third kappa shape index (κ3) is 5.86. The summed E-state index contributed by atoms with van der Waals surface area (Å²) in [6.45, 7) is 3.73. The van der Waals surface area contributed by atoms with Crippen molar-refractivity contribution in [2.24, 2.45) is 7.05 Å². The van der Waals surface area contributed by atoms with Crippen LogP contribution >= 0.6 is 11.8 Å². The van der Waals surface area contributed by atoms with Crippen LogP contribution in [-0.4, -0.2) is 37.8 Å². The average molecular weight is 362 g/mol. The quantitative estimate of drug-likeness (QED) is 0.696. The molecule has 8 nitrogen and oxygen atoms in total. The van der Waals surface area contributed by atoms with E-state index in [2.05, 4.69) is 26.2 Å². The van der Waals surface area contributed by atoms with E-state index in [0.717, 1.165) is 11.3 Å². The van der Waals surface area contributed by atoms with Gasteiger partial charge in [-0.1, -0.05) is 30.8 Å². The Kier molecular flexibility index (Phi) is 6.93. The molecule has 9 heteroatoms. The third-order valence-electron chi connectivity index (χ3n) is 3.53. The molecule has 0 bridgehead atoms. The van der Waals surface area contributed by atoms with Gasteiger partial charge in [0, 0.05) is 31.3 Å². The number of hydrogen-bond acceptors (Lipinski definition) is 6. The molecule has 0 fully saturated rings. The summed E-state index contributed by atoms with van der Waals surface area (Å²) in [5.74, 6) is 0.553. The Morgan fingerprint density at radius 3 is 2.56 bits per heavy atom. The van der Waals surface area contributed by atoms with Crippen LogP contribution < -0.4 is 10.6 Å². The number of hydrogen-bond donors (Lipinski definition) is 2. The van der Waals surface area contributed by atoms with Crippen molar-refractivity contribution in [3.05, 3.63) is 29.8 Å². The number of aromatic nitrogens is 4. The fourth-order valence-electron chi connectivity index (χ4n) is 2.08. The maximum absolute atomic E-state index is 12.1. The molecule has 0 aliphatic carbocycles. The zero-order chi connectivity index (χ0) is 18.2. The molecule has 1 atom stereocenters. The van der Waals surface area contributed by atoms with Crippen molar-refractivity contribution in [3.8, 4) is 0 Å². The fraction of sp³-hybridized carbons (Fsp3) is 0.438. The van der Waals surface area contributed by atoms with E-state index in [9.17, 15) is 9.59 Å². The van der Waals surface area contributed by atoms with Gasteiger partial charge in [0.1, 0.15) is 0 Å². The third-order valence-corrected chi connectivity index (χ3v) is 4.55. The number of tetrazole rings is 1. The summed E-state index contributed by atoms with van der Waals surface area (Å²) in [7, 11) is 1.76. The van der Waals surface area contributed by atoms with Crippen LogP contribution in [0.5, 0.6) is 0 Å². The number of thioether (sulfide) groups is 1. The van der Waals surface area contributed by atoms with Crippen molar-refractivity contribution in [2.45, 2.75) is 37.9 Å². The van der Waals surface area contributed by atoms with E-state index in [1.54, 1.807) is 18.7 Å². The number of carbonyl (C=O) groups excluding carboxylic acids is 2. The molecule has 2 amide bonds. The fourth-order valence-corrected chi connectivity index (χ4v) is 2.87. The van der Waals surface area contributed by atoms with E-state index >= 15 is 0 Å². The smallest absolute Gasteiger partial charge is 0.224 e. The predicted octanol–water partition coefficient (Wildman–Crippen LogP) is 1.92. The van der Waals surface area contributed by atoms with Gasteiger partial charge in [0.2, 0.25) is 17.0 Å². The van der Waals surface area contributed by atoms with Gasteiger partial charge in [-0.05, 0) is 35.0 Å². The molecule has 1 aromatic carbocycles. The molecule has 0 unspecified atom stereocenters. The van der Waals surface area contributed by atoms with Crippen LogP contribution in [0.3, 0.4) is 0 Å². The van der Waals surface area contributed by atoms with Gasteiger partial charge in [0.05, 0.1) is 6.04 Å². The second kappa shape index (κ2) is 9.16. The Bertz CT molecular complexity index is 716. The Hall–Kier alpha value is -2.42. The first-order valence-corrected chi connectivity index (χ1v) is 9.02. The zero-order valence-electron chi connectivity index (χ0n) is 14.5. The lowest BCUT2D eigenvalue weighted by Gasteiger charge is -2.15. The highest BCUT2D eigenvalue weighted by Gasteiger charge is 2.11. The molecule has 2 aromatic rings. The summed E-state index contributed by atoms with van der Waals surface area (Å²) < 4.78 is 1.57. The summed E-state index contributed by atoms with van der Waals surface area (Å²) in [5, 5.41) is 17.6. The first kappa shape index (κ1) is 18.9. The highest BCUT2D eigenvalue weighted by Crippen LogP contribution is 2.17. The largest absolute Gasteiger partial charge is 0.350 e. The van der Waals surface area contributed by atoms with Gasteiger partial charge in [0.25, 0.3) is 0 Å². The lowest BCUT2D eigenvalue weighted by atomic mass is 10.1. The number of aryl methyl sites for hydroxylation is 1. The number of amides is 2. The summed E-state index contributed by atoms with van der Waals surface area (Å²) >= 11 is 1.44. The highest BCUT2D eigenvalue weighted by atomic mass is 32.2. The van der Waals surface area contributed by atoms with E-state index in [0.29, 0.717) is 23.8 Å². The Labute approximate surface area is 150 Å². The van der Waals surface area contributed by atoms with Crippen LogP contribution in [0.1, 0.15) is 38.3 Å². The average Bonchev–Trinajstić information content (AvgIpc) is 3.00. The molecule has 134 valence electrons. The Morgan fingerprint density at radius 2 is 1.96 bits per heavy atom. The number of benzene rings is 1. The van der Waals surface area contributed by atoms with E-state index in [-0.39, 0.29) is 17.9 Å². The normalized spacial score (nSPS) is 11.8. The number of nitrogens with zero attached hydrogens (tertiary/aromatic N) is 4. The van der Waals surface area contributed by atoms with E-state index in [1.165, 1.54) is 11.8 Å². The van der Waals surface area contributed by atoms with Crippen LogP contribution in [0.25, 0.3) is 0 Å². The summed E-state index contributed by atoms with van der Waals surface area (Å²) in [4.78, 5) is 23.4. The van der Waals surface area contributed by atoms with Crippen molar-refractivity contribution in [1.29, 1.82) is 0 Å². The lowest BCUT2D eigenvalue weighted by Crippen LogP contribution is -2.26. The molecule has 0 saturated heterocycles. The number of carbonyl (C=O) groups is 2. The van der Waals surface area contributed by atoms with E-state index < -0.39 is 0 Å². The van der Waals surface area contributed by atoms with Crippen molar-refractivity contribution < 1.29 is 9.59 Å². The summed E-state index contributed by atoms with van der Waals surface area (Å²) in [5.41, 5.74) is 1.73. The Morgan fingerprint density at radius 1 is 1.24 bits per heavy atom. The number of rotatable bonds is 8. The summed E-state index contributed by atoms with van der Waals surface area (Å²) in [6, 6.07) is 7.36. The second-order valence-corrected chi connectivity index (χ2v) is 6.56. The molecular formula is C16H22N6O2S. The van der Waals surface area contributed by atoms with Crippen molar-refractivity contribution in [1.82, 2.24) is 25.5 Å². The molecule has 0 spiro atoms. The minimum atomic E-state index is -0.107. The molecule has 1 heterocycles. The molecule has 2 N–H and O–H groups in total. The molecular weight excluding hydrogens is 340 g/mol. The second-order valence-electron chi connectivity index (χ2n) is 5.50. The minimum Gasteiger partial charge on any atom is -0.350 e. The van der Waals surface area contributed by atoms with E-state index in [1.807, 2.05) is 31.2 Å². The van der Waals surface area contributed by atoms with Crippen LogP contribution in [0.15, 0.2) is 29.4 Å². The van der Waals surface area contributed by atoms with E-state index in [4.69, 9.17) is 0 Å². The van der Waals surface area contributed by atoms with Gasteiger partial charge in [0.15, 0.2) is 0 Å². The Balaban J connectivity index is 1.78. The molecule has 25 heavy (non-hydrogen) atoms. The monoisotopic (exact) mass is 362 g/mol. The number of anilines is 1. The topological polar surface area (TPSA) is 102 Å². The maximum atomic E-state index is 12.1. The van der Waals surface area contributed by atoms with Crippen molar-refractivity contribution in [3.63, 3.8) is 0 Å². The van der Waals surface area contributed by atoms with Gasteiger partial charge >= 0.3 is 0 Å². The van der Waals surface area contributed by atoms with Gasteiger partial charge < -0.3 is 10.6 Å². The van der Waals surface area contributed by atoms with Crippen LogP contribution in [0.4, 0.5) is 5.69 Å². The zero-order valence-corrected chi connectivity index (χ0v) is 15.3. The molecule has 0 saturated carbocycles. The minimum absolute atomic E-state index is 0.0234. The maximum Gasteiger partial charge on any atom is 0.224 e. The van der Waals surface area contributed by atoms with Gasteiger partial charge in [-0.3, -0.25) is 9.59 Å². The van der Waals surface area contributed by atoms with Crippen molar-refractivity contribution in [2.75, 3.05) is 11.1 Å². The lowest BCUT2D eigenvalue weighted by molar-refractivity contribution is -0.121. The van der Waals surface area contributed by atoms with Crippen LogP contribution in [-0.2, 0) is 16.6 Å². The standard InChI is InChI=1S/C16H22N6O2S/c1-4-14(23)18-13-7-5-12(6-8-13)11(2)17-15(24)9-10-25-16-19-20-21-22(16)3/h5-8,11H,4,9-10H2,1-3H3,(H,17,24)(H,18,23)/t11-/m1/s1. The van der Waals surface area contributed by atoms with Crippen LogP contribution in [0, 0.1) is 0 Å².